The summed E-state index contributed by atoms with van der Waals surface area (Å²) in [6, 6.07) is 13.3. The second kappa shape index (κ2) is 8.99. The third kappa shape index (κ3) is 4.47. The highest BCUT2D eigenvalue weighted by Gasteiger charge is 2.20. The summed E-state index contributed by atoms with van der Waals surface area (Å²) in [6.07, 6.45) is 2.35. The predicted molar refractivity (Wildman–Crippen MR) is 119 cm³/mol. The third-order valence-electron chi connectivity index (χ3n) is 5.22. The monoisotopic (exact) mass is 448 g/mol. The van der Waals surface area contributed by atoms with E-state index in [1.165, 1.54) is 24.3 Å². The average Bonchev–Trinajstić information content (AvgIpc) is 3.39. The largest absolute Gasteiger partial charge is 0.454 e. The summed E-state index contributed by atoms with van der Waals surface area (Å²) in [4.78, 5) is 35.3. The lowest BCUT2D eigenvalue weighted by molar-refractivity contribution is -0.385. The van der Waals surface area contributed by atoms with E-state index in [0.717, 1.165) is 17.5 Å². The Balaban J connectivity index is 1.45. The molecule has 0 spiro atoms. The lowest BCUT2D eigenvalue weighted by Crippen LogP contribution is -2.13. The summed E-state index contributed by atoms with van der Waals surface area (Å²) in [6.45, 7) is 3.39. The Morgan fingerprint density at radius 3 is 2.67 bits per heavy atom. The molecule has 0 fully saturated rings. The molecule has 1 aliphatic heterocycles. The van der Waals surface area contributed by atoms with Crippen LogP contribution in [0.5, 0.6) is 11.5 Å². The number of benzene rings is 2. The van der Waals surface area contributed by atoms with E-state index in [9.17, 15) is 19.7 Å². The van der Waals surface area contributed by atoms with Crippen molar-refractivity contribution in [3.63, 3.8) is 0 Å². The minimum absolute atomic E-state index is 0.131. The Hall–Kier alpha value is -4.40. The van der Waals surface area contributed by atoms with Crippen LogP contribution in [0.3, 0.4) is 0 Å². The topological polar surface area (TPSA) is 110 Å². The number of carbonyl (C=O) groups excluding carboxylic acids is 2. The van der Waals surface area contributed by atoms with Gasteiger partial charge in [0.25, 0.3) is 5.69 Å². The number of ether oxygens (including phenoxy) is 3. The molecule has 0 atom stereocenters. The molecule has 33 heavy (non-hydrogen) atoms. The van der Waals surface area contributed by atoms with E-state index >= 15 is 0 Å². The van der Waals surface area contributed by atoms with Crippen molar-refractivity contribution in [3.05, 3.63) is 87.2 Å². The number of ketones is 1. The minimum Gasteiger partial charge on any atom is -0.454 e. The van der Waals surface area contributed by atoms with Crippen molar-refractivity contribution in [2.45, 2.75) is 13.8 Å². The van der Waals surface area contributed by atoms with Gasteiger partial charge in [-0.2, -0.15) is 0 Å². The van der Waals surface area contributed by atoms with Crippen molar-refractivity contribution in [2.24, 2.45) is 0 Å². The number of esters is 1. The number of nitrogens with zero attached hydrogens (tertiary/aromatic N) is 2. The molecule has 168 valence electrons. The van der Waals surface area contributed by atoms with Gasteiger partial charge in [0.15, 0.2) is 18.1 Å². The van der Waals surface area contributed by atoms with Crippen LogP contribution in [-0.2, 0) is 9.53 Å². The molecule has 3 aromatic rings. The summed E-state index contributed by atoms with van der Waals surface area (Å²) in [7, 11) is 0. The molecule has 0 N–H and O–H groups in total. The van der Waals surface area contributed by atoms with Crippen LogP contribution < -0.4 is 9.47 Å². The zero-order valence-electron chi connectivity index (χ0n) is 17.9. The summed E-state index contributed by atoms with van der Waals surface area (Å²) in [5, 5.41) is 11.1. The highest BCUT2D eigenvalue weighted by molar-refractivity contribution is 6.00. The number of nitro benzene ring substituents is 1. The lowest BCUT2D eigenvalue weighted by atomic mass is 10.1. The zero-order valence-corrected chi connectivity index (χ0v) is 17.9. The number of rotatable bonds is 7. The van der Waals surface area contributed by atoms with Gasteiger partial charge in [-0.25, -0.2) is 4.79 Å². The van der Waals surface area contributed by atoms with Crippen LogP contribution in [-0.4, -0.2) is 34.6 Å². The van der Waals surface area contributed by atoms with Crippen LogP contribution in [0.2, 0.25) is 0 Å². The molecule has 2 aromatic carbocycles. The lowest BCUT2D eigenvalue weighted by Gasteiger charge is -2.10. The van der Waals surface area contributed by atoms with E-state index in [1.807, 2.05) is 29.7 Å². The maximum Gasteiger partial charge on any atom is 0.331 e. The zero-order chi connectivity index (χ0) is 23.5. The van der Waals surface area contributed by atoms with Crippen molar-refractivity contribution >= 4 is 23.5 Å². The van der Waals surface area contributed by atoms with Gasteiger partial charge in [-0.1, -0.05) is 12.1 Å². The van der Waals surface area contributed by atoms with E-state index < -0.39 is 17.5 Å². The Morgan fingerprint density at radius 1 is 1.12 bits per heavy atom. The van der Waals surface area contributed by atoms with E-state index in [2.05, 4.69) is 0 Å². The SMILES string of the molecule is Cc1cc(C(=O)COC(=O)/C=C/c2ccccc2[N+](=O)[O-])c(C)n1-c1ccc2c(c1)OCO2. The van der Waals surface area contributed by atoms with Gasteiger partial charge in [-0.3, -0.25) is 14.9 Å². The Bertz CT molecular complexity index is 1290. The van der Waals surface area contributed by atoms with Gasteiger partial charge < -0.3 is 18.8 Å². The number of hydrogen-bond acceptors (Lipinski definition) is 7. The van der Waals surface area contributed by atoms with Crippen LogP contribution in [0.4, 0.5) is 5.69 Å². The number of aryl methyl sites for hydroxylation is 1. The molecule has 1 aromatic heterocycles. The van der Waals surface area contributed by atoms with Gasteiger partial charge in [0, 0.05) is 40.8 Å². The van der Waals surface area contributed by atoms with Crippen molar-refractivity contribution in [2.75, 3.05) is 13.4 Å². The second-order valence-electron chi connectivity index (χ2n) is 7.34. The van der Waals surface area contributed by atoms with Crippen LogP contribution in [0, 0.1) is 24.0 Å². The summed E-state index contributed by atoms with van der Waals surface area (Å²) in [5.41, 5.74) is 2.91. The molecule has 4 rings (SSSR count). The smallest absolute Gasteiger partial charge is 0.331 e. The Labute approximate surface area is 189 Å². The number of Topliss-reactive ketones (excluding diaryl/α,β-unsaturated/α-hetero) is 1. The van der Waals surface area contributed by atoms with Crippen LogP contribution in [0.25, 0.3) is 11.8 Å². The fraction of sp³-hybridized carbons (Fsp3) is 0.167. The molecular formula is C24H20N2O7. The molecule has 9 heteroatoms. The maximum atomic E-state index is 12.7. The van der Waals surface area contributed by atoms with E-state index in [0.29, 0.717) is 22.8 Å². The molecule has 9 nitrogen and oxygen atoms in total. The number of fused-ring (bicyclic) bond motifs is 1. The molecule has 2 heterocycles. The quantitative estimate of drug-likeness (QED) is 0.175. The summed E-state index contributed by atoms with van der Waals surface area (Å²) in [5.74, 6) is 0.166. The normalized spacial score (nSPS) is 12.2. The highest BCUT2D eigenvalue weighted by atomic mass is 16.7. The standard InChI is InChI=1S/C24H20N2O7/c1-15-11-19(16(2)25(15)18-8-9-22-23(12-18)33-14-32-22)21(27)13-31-24(28)10-7-17-5-3-4-6-20(17)26(29)30/h3-12H,13-14H2,1-2H3/b10-7+. The Kier molecular flexibility index (Phi) is 5.95. The second-order valence-corrected chi connectivity index (χ2v) is 7.34. The van der Waals surface area contributed by atoms with Crippen molar-refractivity contribution in [3.8, 4) is 17.2 Å². The number of aromatic nitrogens is 1. The van der Waals surface area contributed by atoms with Gasteiger partial charge in [0.2, 0.25) is 12.6 Å². The molecule has 0 radical (unpaired) electrons. The fourth-order valence-electron chi connectivity index (χ4n) is 3.68. The van der Waals surface area contributed by atoms with Crippen LogP contribution in [0.15, 0.2) is 54.6 Å². The van der Waals surface area contributed by atoms with Gasteiger partial charge in [-0.15, -0.1) is 0 Å². The van der Waals surface area contributed by atoms with Gasteiger partial charge >= 0.3 is 5.97 Å². The van der Waals surface area contributed by atoms with Crippen molar-refractivity contribution in [1.29, 1.82) is 0 Å². The van der Waals surface area contributed by atoms with Crippen molar-refractivity contribution in [1.82, 2.24) is 4.57 Å². The minimum atomic E-state index is -0.772. The van der Waals surface area contributed by atoms with Crippen molar-refractivity contribution < 1.29 is 28.7 Å². The third-order valence-corrected chi connectivity index (χ3v) is 5.22. The molecule has 0 saturated heterocycles. The molecule has 0 aliphatic carbocycles. The highest BCUT2D eigenvalue weighted by Crippen LogP contribution is 2.35. The van der Waals surface area contributed by atoms with Gasteiger partial charge in [-0.05, 0) is 44.2 Å². The first-order valence-corrected chi connectivity index (χ1v) is 10.1. The molecule has 0 unspecified atom stereocenters. The first-order chi connectivity index (χ1) is 15.8. The molecular weight excluding hydrogens is 428 g/mol. The summed E-state index contributed by atoms with van der Waals surface area (Å²) < 4.78 is 17.7. The fourth-order valence-corrected chi connectivity index (χ4v) is 3.68. The average molecular weight is 448 g/mol. The Morgan fingerprint density at radius 2 is 1.88 bits per heavy atom. The van der Waals surface area contributed by atoms with Crippen LogP contribution >= 0.6 is 0 Å². The van der Waals surface area contributed by atoms with Gasteiger partial charge in [0.1, 0.15) is 0 Å². The molecule has 0 saturated carbocycles. The number of hydrogen-bond donors (Lipinski definition) is 0. The summed E-state index contributed by atoms with van der Waals surface area (Å²) >= 11 is 0. The molecule has 0 amide bonds. The van der Waals surface area contributed by atoms with E-state index in [-0.39, 0.29) is 23.8 Å². The predicted octanol–water partition coefficient (Wildman–Crippen LogP) is 4.17. The van der Waals surface area contributed by atoms with E-state index in [1.54, 1.807) is 19.1 Å². The number of carbonyl (C=O) groups is 2. The van der Waals surface area contributed by atoms with E-state index in [4.69, 9.17) is 14.2 Å². The first kappa shape index (κ1) is 21.8. The molecule has 0 bridgehead atoms. The number of para-hydroxylation sites is 1. The van der Waals surface area contributed by atoms with Gasteiger partial charge in [0.05, 0.1) is 10.5 Å². The molecule has 1 aliphatic rings. The number of nitro groups is 1. The van der Waals surface area contributed by atoms with Crippen LogP contribution in [0.1, 0.15) is 27.3 Å². The maximum absolute atomic E-state index is 12.7. The first-order valence-electron chi connectivity index (χ1n) is 10.1.